The van der Waals surface area contributed by atoms with E-state index in [1.165, 1.54) is 21.5 Å². The molecule has 0 bridgehead atoms. The van der Waals surface area contributed by atoms with Crippen LogP contribution in [0.3, 0.4) is 0 Å². The molecule has 5 aromatic rings. The van der Waals surface area contributed by atoms with E-state index in [0.29, 0.717) is 0 Å². The van der Waals surface area contributed by atoms with Crippen molar-refractivity contribution in [1.82, 2.24) is 10.4 Å². The van der Waals surface area contributed by atoms with Gasteiger partial charge >= 0.3 is 0 Å². The molecule has 1 amide bonds. The third-order valence-electron chi connectivity index (χ3n) is 4.77. The first-order chi connectivity index (χ1) is 14.2. The summed E-state index contributed by atoms with van der Waals surface area (Å²) in [5.74, 6) is 4.77. The van der Waals surface area contributed by atoms with Gasteiger partial charge in [-0.05, 0) is 45.8 Å². The van der Waals surface area contributed by atoms with Crippen molar-refractivity contribution in [2.24, 2.45) is 5.84 Å². The zero-order valence-corrected chi connectivity index (χ0v) is 15.9. The summed E-state index contributed by atoms with van der Waals surface area (Å²) in [5.41, 5.74) is 3.69. The molecule has 4 nitrogen and oxygen atoms in total. The van der Waals surface area contributed by atoms with Crippen LogP contribution in [0.4, 0.5) is 0 Å². The van der Waals surface area contributed by atoms with Crippen LogP contribution in [0.15, 0.2) is 97.1 Å². The van der Waals surface area contributed by atoms with Crippen LogP contribution in [0, 0.1) is 0 Å². The van der Waals surface area contributed by atoms with Crippen LogP contribution < -0.4 is 11.3 Å². The van der Waals surface area contributed by atoms with E-state index in [1.54, 1.807) is 0 Å². The van der Waals surface area contributed by atoms with Crippen LogP contribution >= 0.6 is 0 Å². The van der Waals surface area contributed by atoms with Gasteiger partial charge in [-0.1, -0.05) is 72.8 Å². The molecule has 1 aromatic heterocycles. The van der Waals surface area contributed by atoms with Crippen LogP contribution in [0.1, 0.15) is 5.69 Å². The zero-order valence-electron chi connectivity index (χ0n) is 15.9. The number of aromatic nitrogens is 1. The number of amides is 1. The van der Waals surface area contributed by atoms with Gasteiger partial charge in [0.15, 0.2) is 0 Å². The number of hydrazine groups is 1. The Morgan fingerprint density at radius 3 is 1.69 bits per heavy atom. The highest BCUT2D eigenvalue weighted by molar-refractivity contribution is 5.98. The van der Waals surface area contributed by atoms with Gasteiger partial charge in [-0.15, -0.1) is 0 Å². The third kappa shape index (κ3) is 4.39. The Kier molecular flexibility index (Phi) is 5.45. The van der Waals surface area contributed by atoms with Gasteiger partial charge in [0.2, 0.25) is 5.91 Å². The first-order valence-electron chi connectivity index (χ1n) is 9.44. The van der Waals surface area contributed by atoms with Crippen LogP contribution in [0.2, 0.25) is 0 Å². The Morgan fingerprint density at radius 2 is 1.17 bits per heavy atom. The average molecular weight is 379 g/mol. The minimum absolute atomic E-state index is 0.210. The molecule has 3 N–H and O–H groups in total. The summed E-state index contributed by atoms with van der Waals surface area (Å²) >= 11 is 0. The maximum atomic E-state index is 11.0. The zero-order chi connectivity index (χ0) is 20.1. The van der Waals surface area contributed by atoms with Crippen LogP contribution in [0.25, 0.3) is 32.4 Å². The van der Waals surface area contributed by atoms with Crippen molar-refractivity contribution < 1.29 is 4.79 Å². The minimum Gasteiger partial charge on any atom is -0.294 e. The molecule has 0 atom stereocenters. The molecule has 4 aromatic carbocycles. The van der Waals surface area contributed by atoms with Gasteiger partial charge in [-0.25, -0.2) is 5.84 Å². The number of hydrogen-bond donors (Lipinski definition) is 2. The molecule has 1 heterocycles. The van der Waals surface area contributed by atoms with Crippen molar-refractivity contribution in [1.29, 1.82) is 0 Å². The lowest BCUT2D eigenvalue weighted by Gasteiger charge is -2.01. The van der Waals surface area contributed by atoms with E-state index < -0.39 is 0 Å². The lowest BCUT2D eigenvalue weighted by molar-refractivity contribution is -0.120. The third-order valence-corrected chi connectivity index (χ3v) is 4.77. The molecular weight excluding hydrogens is 358 g/mol. The lowest BCUT2D eigenvalue weighted by Crippen LogP contribution is -2.31. The van der Waals surface area contributed by atoms with Crippen LogP contribution in [0.5, 0.6) is 0 Å². The van der Waals surface area contributed by atoms with E-state index in [4.69, 9.17) is 5.84 Å². The first-order valence-corrected chi connectivity index (χ1v) is 9.44. The number of para-hydroxylation sites is 1. The quantitative estimate of drug-likeness (QED) is 0.201. The normalized spacial score (nSPS) is 10.5. The van der Waals surface area contributed by atoms with E-state index in [0.717, 1.165) is 16.6 Å². The molecular formula is C25H21N3O. The Balaban J connectivity index is 0.000000141. The number of benzene rings is 4. The molecule has 142 valence electrons. The van der Waals surface area contributed by atoms with Crippen molar-refractivity contribution in [3.8, 4) is 0 Å². The molecule has 0 unspecified atom stereocenters. The second-order valence-electron chi connectivity index (χ2n) is 6.79. The Labute approximate surface area is 169 Å². The topological polar surface area (TPSA) is 68.0 Å². The highest BCUT2D eigenvalue weighted by Gasteiger charge is 2.03. The summed E-state index contributed by atoms with van der Waals surface area (Å²) < 4.78 is 0. The maximum Gasteiger partial charge on any atom is 0.239 e. The Bertz CT molecular complexity index is 1190. The van der Waals surface area contributed by atoms with E-state index in [2.05, 4.69) is 71.1 Å². The predicted octanol–water partition coefficient (Wildman–Crippen LogP) is 4.76. The van der Waals surface area contributed by atoms with Crippen LogP contribution in [-0.2, 0) is 11.2 Å². The molecule has 0 spiro atoms. The molecule has 0 fully saturated rings. The largest absolute Gasteiger partial charge is 0.294 e. The molecule has 0 aliphatic heterocycles. The molecule has 0 radical (unpaired) electrons. The fourth-order valence-corrected chi connectivity index (χ4v) is 3.30. The fraction of sp³-hybridized carbons (Fsp3) is 0.0400. The smallest absolute Gasteiger partial charge is 0.239 e. The summed E-state index contributed by atoms with van der Waals surface area (Å²) in [7, 11) is 0. The maximum absolute atomic E-state index is 11.0. The summed E-state index contributed by atoms with van der Waals surface area (Å²) in [5, 5.41) is 6.31. The second kappa shape index (κ2) is 8.50. The number of rotatable bonds is 2. The van der Waals surface area contributed by atoms with E-state index >= 15 is 0 Å². The highest BCUT2D eigenvalue weighted by atomic mass is 16.2. The van der Waals surface area contributed by atoms with E-state index in [9.17, 15) is 4.79 Å². The van der Waals surface area contributed by atoms with Gasteiger partial charge in [0.1, 0.15) is 0 Å². The van der Waals surface area contributed by atoms with Crippen LogP contribution in [-0.4, -0.2) is 10.9 Å². The number of hydrogen-bond acceptors (Lipinski definition) is 3. The van der Waals surface area contributed by atoms with Crippen molar-refractivity contribution in [3.63, 3.8) is 0 Å². The number of carbonyl (C=O) groups excluding carboxylic acids is 1. The van der Waals surface area contributed by atoms with Gasteiger partial charge in [0, 0.05) is 5.39 Å². The van der Waals surface area contributed by atoms with E-state index in [-0.39, 0.29) is 12.3 Å². The second-order valence-corrected chi connectivity index (χ2v) is 6.79. The minimum atomic E-state index is -0.238. The molecule has 0 aliphatic rings. The summed E-state index contributed by atoms with van der Waals surface area (Å²) in [6.07, 6.45) is 0.210. The molecule has 5 rings (SSSR count). The molecule has 0 saturated carbocycles. The summed E-state index contributed by atoms with van der Waals surface area (Å²) in [4.78, 5) is 15.4. The number of carbonyl (C=O) groups is 1. The number of nitrogens with one attached hydrogen (secondary N) is 1. The molecule has 4 heteroatoms. The lowest BCUT2D eigenvalue weighted by atomic mass is 10.0. The summed E-state index contributed by atoms with van der Waals surface area (Å²) in [6.45, 7) is 0. The Morgan fingerprint density at radius 1 is 0.690 bits per heavy atom. The number of nitrogens with two attached hydrogens (primary N) is 1. The molecule has 0 saturated heterocycles. The number of nitrogens with zero attached hydrogens (tertiary/aromatic N) is 1. The van der Waals surface area contributed by atoms with Gasteiger partial charge in [0.05, 0.1) is 17.6 Å². The number of fused-ring (bicyclic) bond motifs is 3. The number of pyridine rings is 1. The van der Waals surface area contributed by atoms with Gasteiger partial charge in [-0.3, -0.25) is 15.2 Å². The van der Waals surface area contributed by atoms with Crippen molar-refractivity contribution in [3.05, 3.63) is 103 Å². The van der Waals surface area contributed by atoms with Crippen molar-refractivity contribution in [2.45, 2.75) is 6.42 Å². The van der Waals surface area contributed by atoms with E-state index in [1.807, 2.05) is 36.4 Å². The predicted molar refractivity (Wildman–Crippen MR) is 119 cm³/mol. The van der Waals surface area contributed by atoms with Crippen molar-refractivity contribution >= 4 is 38.4 Å². The molecule has 29 heavy (non-hydrogen) atoms. The standard InChI is InChI=1S/C14H10.C11H11N3O/c1-2-6-12-10-14-8-4-3-7-13(14)9-11(12)5-1;12-14-11(15)7-9-6-5-8-3-1-2-4-10(8)13-9/h1-10H;1-6H,7,12H2,(H,14,15). The summed E-state index contributed by atoms with van der Waals surface area (Å²) in [6, 6.07) is 33.0. The Hall–Kier alpha value is -3.76. The monoisotopic (exact) mass is 379 g/mol. The highest BCUT2D eigenvalue weighted by Crippen LogP contribution is 2.22. The average Bonchev–Trinajstić information content (AvgIpc) is 2.78. The van der Waals surface area contributed by atoms with Gasteiger partial charge < -0.3 is 0 Å². The van der Waals surface area contributed by atoms with Gasteiger partial charge in [0.25, 0.3) is 0 Å². The van der Waals surface area contributed by atoms with Crippen molar-refractivity contribution in [2.75, 3.05) is 0 Å². The van der Waals surface area contributed by atoms with Gasteiger partial charge in [-0.2, -0.15) is 0 Å². The SMILES string of the molecule is NNC(=O)Cc1ccc2ccccc2n1.c1ccc2cc3ccccc3cc2c1. The fourth-order valence-electron chi connectivity index (χ4n) is 3.30. The molecule has 0 aliphatic carbocycles. The first kappa shape index (κ1) is 18.6.